The van der Waals surface area contributed by atoms with Gasteiger partial charge in [-0.1, -0.05) is 38.1 Å². The van der Waals surface area contributed by atoms with E-state index in [4.69, 9.17) is 9.47 Å². The Balaban J connectivity index is 2.26. The Morgan fingerprint density at radius 2 is 1.04 bits per heavy atom. The Bertz CT molecular complexity index is 571. The predicted molar refractivity (Wildman–Crippen MR) is 101 cm³/mol. The molecule has 2 aromatic carbocycles. The van der Waals surface area contributed by atoms with Crippen LogP contribution in [0.2, 0.25) is 0 Å². The lowest BCUT2D eigenvalue weighted by molar-refractivity contribution is 0.242. The highest BCUT2D eigenvalue weighted by Gasteiger charge is 2.27. The van der Waals surface area contributed by atoms with Gasteiger partial charge < -0.3 is 9.47 Å². The summed E-state index contributed by atoms with van der Waals surface area (Å²) in [6.07, 6.45) is 1.42. The molecule has 0 atom stereocenters. The van der Waals surface area contributed by atoms with Crippen LogP contribution in [-0.4, -0.2) is 12.2 Å². The summed E-state index contributed by atoms with van der Waals surface area (Å²) in [7, 11) is 0. The highest BCUT2D eigenvalue weighted by atomic mass is 16.5. The fourth-order valence-electron chi connectivity index (χ4n) is 2.92. The summed E-state index contributed by atoms with van der Waals surface area (Å²) in [5.74, 6) is 1.85. The number of benzene rings is 2. The van der Waals surface area contributed by atoms with E-state index in [2.05, 4.69) is 62.4 Å². The van der Waals surface area contributed by atoms with E-state index in [1.807, 2.05) is 27.7 Å². The number of rotatable bonds is 7. The normalized spacial score (nSPS) is 11.8. The molecular weight excluding hydrogens is 296 g/mol. The van der Waals surface area contributed by atoms with Crippen molar-refractivity contribution in [1.29, 1.82) is 0 Å². The maximum atomic E-state index is 5.76. The monoisotopic (exact) mass is 326 g/mol. The van der Waals surface area contributed by atoms with Gasteiger partial charge in [0.1, 0.15) is 11.5 Å². The Hall–Kier alpha value is -1.96. The molecule has 0 aromatic heterocycles. The molecule has 0 spiro atoms. The van der Waals surface area contributed by atoms with Gasteiger partial charge in [0.15, 0.2) is 0 Å². The van der Waals surface area contributed by atoms with Crippen LogP contribution in [0.5, 0.6) is 11.5 Å². The van der Waals surface area contributed by atoms with Crippen LogP contribution in [0.25, 0.3) is 0 Å². The van der Waals surface area contributed by atoms with Crippen molar-refractivity contribution in [3.05, 3.63) is 59.7 Å². The van der Waals surface area contributed by atoms with Crippen LogP contribution in [0, 0.1) is 0 Å². The van der Waals surface area contributed by atoms with Crippen LogP contribution in [0.1, 0.15) is 59.1 Å². The van der Waals surface area contributed by atoms with Crippen molar-refractivity contribution in [2.24, 2.45) is 0 Å². The molecular formula is C22H30O2. The molecule has 2 aromatic rings. The van der Waals surface area contributed by atoms with Gasteiger partial charge in [0.25, 0.3) is 0 Å². The lowest BCUT2D eigenvalue weighted by Gasteiger charge is -2.30. The Morgan fingerprint density at radius 1 is 0.708 bits per heavy atom. The maximum absolute atomic E-state index is 5.76. The van der Waals surface area contributed by atoms with E-state index < -0.39 is 0 Å². The number of hydrogen-bond donors (Lipinski definition) is 0. The summed E-state index contributed by atoms with van der Waals surface area (Å²) in [6.45, 7) is 12.7. The molecule has 2 heteroatoms. The van der Waals surface area contributed by atoms with Gasteiger partial charge in [-0.2, -0.15) is 0 Å². The third kappa shape index (κ3) is 4.31. The standard InChI is InChI=1S/C22H30O2/c1-7-22(6,18-8-12-20(13-9-18)23-16(2)3)19-10-14-21(15-11-19)24-17(4)5/h8-17H,7H2,1-6H3. The minimum absolute atomic E-state index is 0.0211. The molecule has 0 saturated carbocycles. The molecule has 0 aliphatic carbocycles. The van der Waals surface area contributed by atoms with Crippen LogP contribution < -0.4 is 9.47 Å². The van der Waals surface area contributed by atoms with Gasteiger partial charge in [-0.15, -0.1) is 0 Å². The Morgan fingerprint density at radius 3 is 1.29 bits per heavy atom. The quantitative estimate of drug-likeness (QED) is 0.623. The van der Waals surface area contributed by atoms with E-state index in [9.17, 15) is 0 Å². The van der Waals surface area contributed by atoms with Crippen molar-refractivity contribution in [2.75, 3.05) is 0 Å². The topological polar surface area (TPSA) is 18.5 Å². The van der Waals surface area contributed by atoms with Gasteiger partial charge in [0.05, 0.1) is 12.2 Å². The summed E-state index contributed by atoms with van der Waals surface area (Å²) in [6, 6.07) is 17.0. The first-order valence-electron chi connectivity index (χ1n) is 8.89. The minimum atomic E-state index is -0.0211. The molecule has 0 unspecified atom stereocenters. The van der Waals surface area contributed by atoms with Crippen LogP contribution in [-0.2, 0) is 5.41 Å². The zero-order valence-corrected chi connectivity index (χ0v) is 15.8. The van der Waals surface area contributed by atoms with Crippen LogP contribution in [0.15, 0.2) is 48.5 Å². The van der Waals surface area contributed by atoms with Crippen LogP contribution >= 0.6 is 0 Å². The second kappa shape index (κ2) is 7.74. The van der Waals surface area contributed by atoms with E-state index in [1.54, 1.807) is 0 Å². The summed E-state index contributed by atoms with van der Waals surface area (Å²) in [4.78, 5) is 0. The van der Waals surface area contributed by atoms with E-state index in [-0.39, 0.29) is 17.6 Å². The summed E-state index contributed by atoms with van der Waals surface area (Å²) < 4.78 is 11.5. The number of hydrogen-bond acceptors (Lipinski definition) is 2. The molecule has 24 heavy (non-hydrogen) atoms. The van der Waals surface area contributed by atoms with Gasteiger partial charge >= 0.3 is 0 Å². The fraction of sp³-hybridized carbons (Fsp3) is 0.455. The van der Waals surface area contributed by atoms with Gasteiger partial charge in [0.2, 0.25) is 0 Å². The molecule has 0 fully saturated rings. The first-order valence-corrected chi connectivity index (χ1v) is 8.89. The Labute approximate surface area is 146 Å². The molecule has 0 radical (unpaired) electrons. The van der Waals surface area contributed by atoms with Crippen molar-refractivity contribution >= 4 is 0 Å². The van der Waals surface area contributed by atoms with Crippen LogP contribution in [0.4, 0.5) is 0 Å². The summed E-state index contributed by atoms with van der Waals surface area (Å²) >= 11 is 0. The SMILES string of the molecule is CCC(C)(c1ccc(OC(C)C)cc1)c1ccc(OC(C)C)cc1. The van der Waals surface area contributed by atoms with Crippen molar-refractivity contribution < 1.29 is 9.47 Å². The fourth-order valence-corrected chi connectivity index (χ4v) is 2.92. The zero-order valence-electron chi connectivity index (χ0n) is 15.8. The van der Waals surface area contributed by atoms with E-state index in [1.165, 1.54) is 11.1 Å². The highest BCUT2D eigenvalue weighted by Crippen LogP contribution is 2.36. The average Bonchev–Trinajstić information content (AvgIpc) is 2.54. The zero-order chi connectivity index (χ0) is 17.7. The lowest BCUT2D eigenvalue weighted by Crippen LogP contribution is -2.22. The lowest BCUT2D eigenvalue weighted by atomic mass is 9.74. The molecule has 0 amide bonds. The summed E-state index contributed by atoms with van der Waals surface area (Å²) in [5.41, 5.74) is 2.59. The van der Waals surface area contributed by atoms with Gasteiger partial charge in [-0.25, -0.2) is 0 Å². The molecule has 0 bridgehead atoms. The van der Waals surface area contributed by atoms with Gasteiger partial charge in [0, 0.05) is 5.41 Å². The van der Waals surface area contributed by atoms with E-state index in [0.717, 1.165) is 17.9 Å². The van der Waals surface area contributed by atoms with Gasteiger partial charge in [-0.05, 0) is 69.5 Å². The van der Waals surface area contributed by atoms with Crippen LogP contribution in [0.3, 0.4) is 0 Å². The molecule has 0 aliphatic heterocycles. The molecule has 2 nitrogen and oxygen atoms in total. The summed E-state index contributed by atoms with van der Waals surface area (Å²) in [5, 5.41) is 0. The van der Waals surface area contributed by atoms with Crippen molar-refractivity contribution in [2.45, 2.75) is 65.6 Å². The largest absolute Gasteiger partial charge is 0.491 e. The minimum Gasteiger partial charge on any atom is -0.491 e. The van der Waals surface area contributed by atoms with E-state index in [0.29, 0.717) is 0 Å². The predicted octanol–water partition coefficient (Wildman–Crippen LogP) is 5.98. The third-order valence-corrected chi connectivity index (χ3v) is 4.43. The molecule has 0 saturated heterocycles. The molecule has 2 rings (SSSR count). The van der Waals surface area contributed by atoms with Crippen molar-refractivity contribution in [1.82, 2.24) is 0 Å². The van der Waals surface area contributed by atoms with E-state index >= 15 is 0 Å². The molecule has 0 heterocycles. The number of ether oxygens (including phenoxy) is 2. The second-order valence-electron chi connectivity index (χ2n) is 7.07. The second-order valence-corrected chi connectivity index (χ2v) is 7.07. The maximum Gasteiger partial charge on any atom is 0.119 e. The Kier molecular flexibility index (Phi) is 5.93. The first-order chi connectivity index (χ1) is 11.3. The van der Waals surface area contributed by atoms with Crippen molar-refractivity contribution in [3.8, 4) is 11.5 Å². The smallest absolute Gasteiger partial charge is 0.119 e. The molecule has 130 valence electrons. The van der Waals surface area contributed by atoms with Crippen molar-refractivity contribution in [3.63, 3.8) is 0 Å². The average molecular weight is 326 g/mol. The highest BCUT2D eigenvalue weighted by molar-refractivity contribution is 5.42. The van der Waals surface area contributed by atoms with Gasteiger partial charge in [-0.3, -0.25) is 0 Å². The molecule has 0 aliphatic rings. The molecule has 0 N–H and O–H groups in total. The third-order valence-electron chi connectivity index (χ3n) is 4.43. The first kappa shape index (κ1) is 18.4.